The summed E-state index contributed by atoms with van der Waals surface area (Å²) in [6.45, 7) is 8.39. The highest BCUT2D eigenvalue weighted by Crippen LogP contribution is 2.31. The van der Waals surface area contributed by atoms with Crippen LogP contribution in [-0.4, -0.2) is 14.9 Å². The van der Waals surface area contributed by atoms with Gasteiger partial charge in [-0.1, -0.05) is 44.2 Å². The fourth-order valence-corrected chi connectivity index (χ4v) is 2.93. The van der Waals surface area contributed by atoms with E-state index in [1.807, 2.05) is 41.9 Å². The van der Waals surface area contributed by atoms with Gasteiger partial charge >= 0.3 is 0 Å². The molecule has 0 bridgehead atoms. The van der Waals surface area contributed by atoms with Crippen LogP contribution in [0.3, 0.4) is 0 Å². The Morgan fingerprint density at radius 1 is 1.15 bits per heavy atom. The van der Waals surface area contributed by atoms with Crippen molar-refractivity contribution in [2.75, 3.05) is 0 Å². The molecule has 1 aromatic carbocycles. The Balaban J connectivity index is 2.38. The van der Waals surface area contributed by atoms with Gasteiger partial charge in [-0.2, -0.15) is 5.10 Å². The molecular weight excluding hydrogens is 248 g/mol. The van der Waals surface area contributed by atoms with Crippen LogP contribution in [0.5, 0.6) is 0 Å². The Morgan fingerprint density at radius 3 is 2.30 bits per heavy atom. The first-order valence-corrected chi connectivity index (χ1v) is 7.37. The van der Waals surface area contributed by atoms with Gasteiger partial charge in [0.25, 0.3) is 0 Å². The summed E-state index contributed by atoms with van der Waals surface area (Å²) in [6, 6.07) is 9.82. The topological polar surface area (TPSA) is 38.0 Å². The fraction of sp³-hybridized carbons (Fsp3) is 0.471. The van der Waals surface area contributed by atoms with E-state index in [4.69, 9.17) is 0 Å². The summed E-state index contributed by atoms with van der Waals surface area (Å²) in [5.41, 5.74) is 4.49. The summed E-state index contributed by atoms with van der Waals surface area (Å²) < 4.78 is 2.01. The summed E-state index contributed by atoms with van der Waals surface area (Å²) in [4.78, 5) is 0. The summed E-state index contributed by atoms with van der Waals surface area (Å²) in [5, 5.41) is 15.3. The van der Waals surface area contributed by atoms with Crippen molar-refractivity contribution in [3.8, 4) is 0 Å². The second-order valence-corrected chi connectivity index (χ2v) is 5.28. The van der Waals surface area contributed by atoms with Gasteiger partial charge in [-0.25, -0.2) is 0 Å². The maximum absolute atomic E-state index is 10.7. The van der Waals surface area contributed by atoms with E-state index in [0.29, 0.717) is 0 Å². The lowest BCUT2D eigenvalue weighted by molar-refractivity contribution is 0.102. The Bertz CT molecular complexity index is 560. The maximum Gasteiger partial charge on any atom is 0.101 e. The minimum atomic E-state index is -0.524. The zero-order chi connectivity index (χ0) is 14.7. The van der Waals surface area contributed by atoms with Crippen molar-refractivity contribution in [2.45, 2.75) is 52.7 Å². The molecule has 2 unspecified atom stereocenters. The molecule has 108 valence electrons. The number of benzene rings is 1. The van der Waals surface area contributed by atoms with E-state index >= 15 is 0 Å². The molecule has 1 N–H and O–H groups in total. The highest BCUT2D eigenvalue weighted by atomic mass is 16.3. The Kier molecular flexibility index (Phi) is 4.61. The Labute approximate surface area is 121 Å². The second kappa shape index (κ2) is 6.23. The average molecular weight is 272 g/mol. The van der Waals surface area contributed by atoms with Crippen LogP contribution in [0.4, 0.5) is 0 Å². The van der Waals surface area contributed by atoms with E-state index in [1.165, 1.54) is 11.3 Å². The fourth-order valence-electron chi connectivity index (χ4n) is 2.93. The zero-order valence-corrected chi connectivity index (χ0v) is 12.8. The molecule has 0 aliphatic rings. The third-order valence-corrected chi connectivity index (χ3v) is 4.07. The van der Waals surface area contributed by atoms with Crippen LogP contribution < -0.4 is 0 Å². The first-order valence-electron chi connectivity index (χ1n) is 7.37. The number of hydrogen-bond acceptors (Lipinski definition) is 2. The molecule has 0 aliphatic carbocycles. The van der Waals surface area contributed by atoms with Gasteiger partial charge < -0.3 is 5.11 Å². The predicted molar refractivity (Wildman–Crippen MR) is 81.8 cm³/mol. The van der Waals surface area contributed by atoms with Crippen LogP contribution >= 0.6 is 0 Å². The lowest BCUT2D eigenvalue weighted by Gasteiger charge is -2.24. The number of aromatic nitrogens is 2. The highest BCUT2D eigenvalue weighted by Gasteiger charge is 2.24. The lowest BCUT2D eigenvalue weighted by Crippen LogP contribution is -2.19. The van der Waals surface area contributed by atoms with E-state index in [2.05, 4.69) is 25.9 Å². The number of aliphatic hydroxyl groups is 1. The molecule has 0 fully saturated rings. The summed E-state index contributed by atoms with van der Waals surface area (Å²) in [5.74, 6) is 0. The molecule has 20 heavy (non-hydrogen) atoms. The van der Waals surface area contributed by atoms with Crippen molar-refractivity contribution in [2.24, 2.45) is 0 Å². The zero-order valence-electron chi connectivity index (χ0n) is 12.8. The van der Waals surface area contributed by atoms with Crippen molar-refractivity contribution in [3.63, 3.8) is 0 Å². The number of aliphatic hydroxyl groups excluding tert-OH is 1. The second-order valence-electron chi connectivity index (χ2n) is 5.28. The molecule has 0 radical (unpaired) electrons. The quantitative estimate of drug-likeness (QED) is 0.900. The standard InChI is InChI=1S/C17H24N2O/c1-5-15-12(3)18-19(13(15)4)16(6-2)17(20)14-10-8-7-9-11-14/h7-11,16-17,20H,5-6H2,1-4H3. The van der Waals surface area contributed by atoms with Crippen molar-refractivity contribution in [3.05, 3.63) is 52.8 Å². The maximum atomic E-state index is 10.7. The lowest BCUT2D eigenvalue weighted by atomic mass is 10.00. The molecule has 0 spiro atoms. The Hall–Kier alpha value is -1.61. The van der Waals surface area contributed by atoms with Gasteiger partial charge in [0.15, 0.2) is 0 Å². The Morgan fingerprint density at radius 2 is 1.80 bits per heavy atom. The SMILES string of the molecule is CCc1c(C)nn(C(CC)C(O)c2ccccc2)c1C. The molecule has 2 aromatic rings. The first-order chi connectivity index (χ1) is 9.60. The molecular formula is C17H24N2O. The molecule has 3 nitrogen and oxygen atoms in total. The molecule has 0 amide bonds. The molecule has 1 heterocycles. The van der Waals surface area contributed by atoms with E-state index in [-0.39, 0.29) is 6.04 Å². The highest BCUT2D eigenvalue weighted by molar-refractivity contribution is 5.26. The molecule has 3 heteroatoms. The molecule has 2 rings (SSSR count). The third kappa shape index (κ3) is 2.63. The van der Waals surface area contributed by atoms with Gasteiger partial charge in [0.2, 0.25) is 0 Å². The van der Waals surface area contributed by atoms with Gasteiger partial charge in [0.05, 0.1) is 11.7 Å². The summed E-state index contributed by atoms with van der Waals surface area (Å²) in [7, 11) is 0. The van der Waals surface area contributed by atoms with Crippen LogP contribution in [0.2, 0.25) is 0 Å². The van der Waals surface area contributed by atoms with Crippen LogP contribution in [0.25, 0.3) is 0 Å². The van der Waals surface area contributed by atoms with Gasteiger partial charge in [-0.15, -0.1) is 0 Å². The van der Waals surface area contributed by atoms with Crippen molar-refractivity contribution in [1.82, 2.24) is 9.78 Å². The molecule has 0 saturated carbocycles. The van der Waals surface area contributed by atoms with Gasteiger partial charge in [0.1, 0.15) is 6.10 Å². The van der Waals surface area contributed by atoms with Crippen molar-refractivity contribution in [1.29, 1.82) is 0 Å². The minimum Gasteiger partial charge on any atom is -0.386 e. The van der Waals surface area contributed by atoms with Crippen LogP contribution in [0, 0.1) is 13.8 Å². The van der Waals surface area contributed by atoms with E-state index in [1.54, 1.807) is 0 Å². The van der Waals surface area contributed by atoms with E-state index in [9.17, 15) is 5.11 Å². The average Bonchev–Trinajstić information content (AvgIpc) is 2.75. The molecule has 2 atom stereocenters. The molecule has 0 saturated heterocycles. The van der Waals surface area contributed by atoms with Crippen LogP contribution in [0.1, 0.15) is 54.9 Å². The number of rotatable bonds is 5. The number of hydrogen-bond donors (Lipinski definition) is 1. The number of aryl methyl sites for hydroxylation is 1. The van der Waals surface area contributed by atoms with E-state index < -0.39 is 6.10 Å². The van der Waals surface area contributed by atoms with Crippen LogP contribution in [-0.2, 0) is 6.42 Å². The van der Waals surface area contributed by atoms with E-state index in [0.717, 1.165) is 24.1 Å². The predicted octanol–water partition coefficient (Wildman–Crippen LogP) is 3.75. The smallest absolute Gasteiger partial charge is 0.101 e. The monoisotopic (exact) mass is 272 g/mol. The summed E-state index contributed by atoms with van der Waals surface area (Å²) in [6.07, 6.45) is 1.31. The number of nitrogens with zero attached hydrogens (tertiary/aromatic N) is 2. The van der Waals surface area contributed by atoms with Gasteiger partial charge in [-0.05, 0) is 37.8 Å². The summed E-state index contributed by atoms with van der Waals surface area (Å²) >= 11 is 0. The van der Waals surface area contributed by atoms with Crippen molar-refractivity contribution < 1.29 is 5.11 Å². The normalized spacial score (nSPS) is 14.2. The third-order valence-electron chi connectivity index (χ3n) is 4.07. The minimum absolute atomic E-state index is 0.0172. The molecule has 1 aromatic heterocycles. The molecule has 0 aliphatic heterocycles. The van der Waals surface area contributed by atoms with Gasteiger partial charge in [0, 0.05) is 5.69 Å². The largest absolute Gasteiger partial charge is 0.386 e. The van der Waals surface area contributed by atoms with Crippen molar-refractivity contribution >= 4 is 0 Å². The van der Waals surface area contributed by atoms with Gasteiger partial charge in [-0.3, -0.25) is 4.68 Å². The first kappa shape index (κ1) is 14.8. The van der Waals surface area contributed by atoms with Crippen LogP contribution in [0.15, 0.2) is 30.3 Å².